The van der Waals surface area contributed by atoms with Crippen LogP contribution in [-0.4, -0.2) is 21.2 Å². The molecule has 0 aromatic heterocycles. The van der Waals surface area contributed by atoms with Gasteiger partial charge in [-0.25, -0.2) is 0 Å². The van der Waals surface area contributed by atoms with Crippen LogP contribution < -0.4 is 5.32 Å². The standard InChI is InChI=1S/C14H24ClNSi/c1-5-16-10-12(11-17(2,3)4)13-8-6-7-9-14(13)15/h6-9,12,16H,5,10-11H2,1-4H3. The fourth-order valence-corrected chi connectivity index (χ4v) is 4.29. The molecule has 1 unspecified atom stereocenters. The molecule has 0 aliphatic carbocycles. The highest BCUT2D eigenvalue weighted by Crippen LogP contribution is 2.30. The van der Waals surface area contributed by atoms with Crippen LogP contribution in [0, 0.1) is 0 Å². The fraction of sp³-hybridized carbons (Fsp3) is 0.571. The first-order valence-corrected chi connectivity index (χ1v) is 10.5. The molecule has 0 heterocycles. The molecule has 3 heteroatoms. The first-order chi connectivity index (χ1) is 7.94. The molecule has 0 radical (unpaired) electrons. The summed E-state index contributed by atoms with van der Waals surface area (Å²) >= 11 is 6.31. The van der Waals surface area contributed by atoms with Crippen LogP contribution in [-0.2, 0) is 0 Å². The average Bonchev–Trinajstić information content (AvgIpc) is 2.23. The minimum atomic E-state index is -1.07. The summed E-state index contributed by atoms with van der Waals surface area (Å²) < 4.78 is 0. The van der Waals surface area contributed by atoms with E-state index in [1.54, 1.807) is 0 Å². The van der Waals surface area contributed by atoms with E-state index in [0.717, 1.165) is 18.1 Å². The van der Waals surface area contributed by atoms with Crippen LogP contribution in [0.3, 0.4) is 0 Å². The third-order valence-electron chi connectivity index (χ3n) is 2.84. The second kappa shape index (κ2) is 6.57. The van der Waals surface area contributed by atoms with E-state index in [0.29, 0.717) is 5.92 Å². The van der Waals surface area contributed by atoms with Gasteiger partial charge in [0.2, 0.25) is 0 Å². The van der Waals surface area contributed by atoms with Gasteiger partial charge in [0.1, 0.15) is 0 Å². The minimum Gasteiger partial charge on any atom is -0.316 e. The van der Waals surface area contributed by atoms with E-state index >= 15 is 0 Å². The van der Waals surface area contributed by atoms with Crippen LogP contribution in [0.25, 0.3) is 0 Å². The summed E-state index contributed by atoms with van der Waals surface area (Å²) in [5.74, 6) is 0.551. The molecule has 1 aromatic rings. The predicted octanol–water partition coefficient (Wildman–Crippen LogP) is 4.37. The van der Waals surface area contributed by atoms with Crippen LogP contribution >= 0.6 is 11.6 Å². The maximum atomic E-state index is 6.31. The molecule has 0 aliphatic heterocycles. The Morgan fingerprint density at radius 1 is 1.24 bits per heavy atom. The van der Waals surface area contributed by atoms with Crippen molar-refractivity contribution in [1.29, 1.82) is 0 Å². The maximum absolute atomic E-state index is 6.31. The van der Waals surface area contributed by atoms with E-state index in [2.05, 4.69) is 44.0 Å². The zero-order valence-electron chi connectivity index (χ0n) is 11.4. The average molecular weight is 270 g/mol. The summed E-state index contributed by atoms with van der Waals surface area (Å²) in [5, 5.41) is 4.37. The van der Waals surface area contributed by atoms with Crippen molar-refractivity contribution in [1.82, 2.24) is 5.32 Å². The molecule has 0 saturated heterocycles. The van der Waals surface area contributed by atoms with Crippen LogP contribution in [0.1, 0.15) is 18.4 Å². The van der Waals surface area contributed by atoms with Crippen molar-refractivity contribution in [3.8, 4) is 0 Å². The molecular formula is C14H24ClNSi. The van der Waals surface area contributed by atoms with E-state index in [9.17, 15) is 0 Å². The maximum Gasteiger partial charge on any atom is 0.0449 e. The van der Waals surface area contributed by atoms with Gasteiger partial charge in [0.25, 0.3) is 0 Å². The number of likely N-dealkylation sites (N-methyl/N-ethyl adjacent to an activating group) is 1. The van der Waals surface area contributed by atoms with Crippen LogP contribution in [0.15, 0.2) is 24.3 Å². The predicted molar refractivity (Wildman–Crippen MR) is 80.9 cm³/mol. The van der Waals surface area contributed by atoms with Gasteiger partial charge >= 0.3 is 0 Å². The fourth-order valence-electron chi connectivity index (χ4n) is 2.16. The van der Waals surface area contributed by atoms with Crippen molar-refractivity contribution < 1.29 is 0 Å². The molecule has 0 saturated carbocycles. The van der Waals surface area contributed by atoms with E-state index in [4.69, 9.17) is 11.6 Å². The van der Waals surface area contributed by atoms with Gasteiger partial charge in [-0.1, -0.05) is 56.4 Å². The Balaban J connectivity index is 2.86. The van der Waals surface area contributed by atoms with E-state index in [1.807, 2.05) is 12.1 Å². The monoisotopic (exact) mass is 269 g/mol. The van der Waals surface area contributed by atoms with E-state index in [1.165, 1.54) is 11.6 Å². The van der Waals surface area contributed by atoms with Gasteiger partial charge in [0.15, 0.2) is 0 Å². The zero-order valence-corrected chi connectivity index (χ0v) is 13.1. The molecule has 0 spiro atoms. The Labute approximate surface area is 112 Å². The first kappa shape index (κ1) is 14.7. The number of hydrogen-bond acceptors (Lipinski definition) is 1. The summed E-state index contributed by atoms with van der Waals surface area (Å²) in [6, 6.07) is 9.54. The van der Waals surface area contributed by atoms with E-state index in [-0.39, 0.29) is 0 Å². The SMILES string of the molecule is CCNCC(C[Si](C)(C)C)c1ccccc1Cl. The topological polar surface area (TPSA) is 12.0 Å². The second-order valence-corrected chi connectivity index (χ2v) is 11.7. The molecule has 0 fully saturated rings. The Kier molecular flexibility index (Phi) is 5.70. The van der Waals surface area contributed by atoms with E-state index < -0.39 is 8.07 Å². The molecule has 0 amide bonds. The summed E-state index contributed by atoms with van der Waals surface area (Å²) in [4.78, 5) is 0. The lowest BCUT2D eigenvalue weighted by Crippen LogP contribution is -2.29. The minimum absolute atomic E-state index is 0.551. The van der Waals surface area contributed by atoms with Gasteiger partial charge in [0.05, 0.1) is 0 Å². The molecule has 1 N–H and O–H groups in total. The molecule has 0 bridgehead atoms. The van der Waals surface area contributed by atoms with Crippen molar-refractivity contribution in [2.45, 2.75) is 38.5 Å². The van der Waals surface area contributed by atoms with Crippen molar-refractivity contribution in [2.24, 2.45) is 0 Å². The van der Waals surface area contributed by atoms with Crippen LogP contribution in [0.2, 0.25) is 30.7 Å². The molecule has 1 atom stereocenters. The molecule has 17 heavy (non-hydrogen) atoms. The largest absolute Gasteiger partial charge is 0.316 e. The molecular weight excluding hydrogens is 246 g/mol. The normalized spacial score (nSPS) is 13.7. The number of benzene rings is 1. The first-order valence-electron chi connectivity index (χ1n) is 6.39. The summed E-state index contributed by atoms with van der Waals surface area (Å²) in [6.45, 7) is 11.5. The van der Waals surface area contributed by atoms with Gasteiger partial charge in [0, 0.05) is 19.6 Å². The van der Waals surface area contributed by atoms with Crippen molar-refractivity contribution in [2.75, 3.05) is 13.1 Å². The molecule has 0 aliphatic rings. The van der Waals surface area contributed by atoms with Gasteiger partial charge in [-0.2, -0.15) is 0 Å². The van der Waals surface area contributed by atoms with Gasteiger partial charge in [-0.3, -0.25) is 0 Å². The number of rotatable bonds is 6. The lowest BCUT2D eigenvalue weighted by molar-refractivity contribution is 0.629. The van der Waals surface area contributed by atoms with Crippen molar-refractivity contribution >= 4 is 19.7 Å². The highest BCUT2D eigenvalue weighted by molar-refractivity contribution is 6.76. The number of hydrogen-bond donors (Lipinski definition) is 1. The van der Waals surface area contributed by atoms with Crippen LogP contribution in [0.4, 0.5) is 0 Å². The summed E-state index contributed by atoms with van der Waals surface area (Å²) in [7, 11) is -1.07. The van der Waals surface area contributed by atoms with Crippen molar-refractivity contribution in [3.05, 3.63) is 34.9 Å². The highest BCUT2D eigenvalue weighted by Gasteiger charge is 2.22. The van der Waals surface area contributed by atoms with Gasteiger partial charge < -0.3 is 5.32 Å². The second-order valence-electron chi connectivity index (χ2n) is 5.79. The van der Waals surface area contributed by atoms with Gasteiger partial charge in [-0.15, -0.1) is 0 Å². The Morgan fingerprint density at radius 3 is 2.41 bits per heavy atom. The third kappa shape index (κ3) is 5.24. The summed E-state index contributed by atoms with van der Waals surface area (Å²) in [6.07, 6.45) is 0. The molecule has 1 nitrogen and oxygen atoms in total. The quantitative estimate of drug-likeness (QED) is 0.756. The Morgan fingerprint density at radius 2 is 1.88 bits per heavy atom. The molecule has 1 rings (SSSR count). The molecule has 96 valence electrons. The van der Waals surface area contributed by atoms with Crippen molar-refractivity contribution in [3.63, 3.8) is 0 Å². The number of halogens is 1. The lowest BCUT2D eigenvalue weighted by atomic mass is 10.0. The van der Waals surface area contributed by atoms with Gasteiger partial charge in [-0.05, 0) is 30.1 Å². The lowest BCUT2D eigenvalue weighted by Gasteiger charge is -2.26. The molecule has 1 aromatic carbocycles. The Hall–Kier alpha value is -0.313. The summed E-state index contributed by atoms with van der Waals surface area (Å²) in [5.41, 5.74) is 1.30. The smallest absolute Gasteiger partial charge is 0.0449 e. The number of nitrogens with one attached hydrogen (secondary N) is 1. The zero-order chi connectivity index (χ0) is 12.9. The highest BCUT2D eigenvalue weighted by atomic mass is 35.5. The van der Waals surface area contributed by atoms with Crippen LogP contribution in [0.5, 0.6) is 0 Å². The third-order valence-corrected chi connectivity index (χ3v) is 4.91. The Bertz CT molecular complexity index is 346.